The number of rotatable bonds is 3. The highest BCUT2D eigenvalue weighted by Gasteiger charge is 2.40. The molecule has 3 heteroatoms. The van der Waals surface area contributed by atoms with Gasteiger partial charge < -0.3 is 14.6 Å². The molecule has 1 aliphatic carbocycles. The Balaban J connectivity index is 2.10. The van der Waals surface area contributed by atoms with Crippen molar-refractivity contribution in [3.05, 3.63) is 59.2 Å². The summed E-state index contributed by atoms with van der Waals surface area (Å²) < 4.78 is 10.8. The molecule has 0 heterocycles. The summed E-state index contributed by atoms with van der Waals surface area (Å²) >= 11 is 0. The highest BCUT2D eigenvalue weighted by Crippen LogP contribution is 2.45. The molecule has 0 radical (unpaired) electrons. The van der Waals surface area contributed by atoms with Crippen molar-refractivity contribution in [1.29, 1.82) is 0 Å². The zero-order valence-electron chi connectivity index (χ0n) is 11.7. The molecule has 0 bridgehead atoms. The van der Waals surface area contributed by atoms with Crippen LogP contribution in [0.25, 0.3) is 0 Å². The predicted octanol–water partition coefficient (Wildman–Crippen LogP) is 2.69. The predicted molar refractivity (Wildman–Crippen MR) is 77.3 cm³/mol. The van der Waals surface area contributed by atoms with Gasteiger partial charge in [0, 0.05) is 12.8 Å². The molecule has 0 aromatic heterocycles. The first-order chi connectivity index (χ1) is 9.68. The maximum atomic E-state index is 11.1. The lowest BCUT2D eigenvalue weighted by atomic mass is 9.89. The maximum Gasteiger partial charge on any atom is 0.128 e. The SMILES string of the molecule is COc1cccc(OC)c1C1(O)Cc2ccccc2C1. The normalized spacial score (nSPS) is 15.8. The molecule has 0 spiro atoms. The first-order valence-corrected chi connectivity index (χ1v) is 6.68. The second-order valence-electron chi connectivity index (χ2n) is 5.19. The Bertz CT molecular complexity index is 587. The highest BCUT2D eigenvalue weighted by molar-refractivity contribution is 5.52. The van der Waals surface area contributed by atoms with Crippen LogP contribution < -0.4 is 9.47 Å². The number of methoxy groups -OCH3 is 2. The fraction of sp³-hybridized carbons (Fsp3) is 0.294. The average Bonchev–Trinajstić information content (AvgIpc) is 2.83. The molecule has 0 atom stereocenters. The van der Waals surface area contributed by atoms with Gasteiger partial charge in [-0.25, -0.2) is 0 Å². The molecule has 3 nitrogen and oxygen atoms in total. The molecule has 0 amide bonds. The zero-order valence-corrected chi connectivity index (χ0v) is 11.7. The topological polar surface area (TPSA) is 38.7 Å². The molecule has 0 fully saturated rings. The van der Waals surface area contributed by atoms with Gasteiger partial charge in [0.05, 0.1) is 19.8 Å². The summed E-state index contributed by atoms with van der Waals surface area (Å²) in [5.41, 5.74) is 2.13. The van der Waals surface area contributed by atoms with Crippen LogP contribution in [0.4, 0.5) is 0 Å². The summed E-state index contributed by atoms with van der Waals surface area (Å²) in [5, 5.41) is 11.1. The number of hydrogen-bond donors (Lipinski definition) is 1. The fourth-order valence-corrected chi connectivity index (χ4v) is 3.08. The minimum atomic E-state index is -0.971. The smallest absolute Gasteiger partial charge is 0.128 e. The number of hydrogen-bond acceptors (Lipinski definition) is 3. The molecular weight excluding hydrogens is 252 g/mol. The summed E-state index contributed by atoms with van der Waals surface area (Å²) in [6, 6.07) is 13.7. The second kappa shape index (κ2) is 4.84. The van der Waals surface area contributed by atoms with E-state index in [2.05, 4.69) is 12.1 Å². The minimum Gasteiger partial charge on any atom is -0.496 e. The van der Waals surface area contributed by atoms with Gasteiger partial charge in [-0.1, -0.05) is 30.3 Å². The third-order valence-electron chi connectivity index (χ3n) is 3.98. The molecule has 0 aliphatic heterocycles. The Morgan fingerprint density at radius 2 is 1.35 bits per heavy atom. The second-order valence-corrected chi connectivity index (χ2v) is 5.19. The molecule has 0 saturated carbocycles. The minimum absolute atomic E-state index is 0.583. The van der Waals surface area contributed by atoms with Crippen molar-refractivity contribution in [2.45, 2.75) is 18.4 Å². The molecular formula is C17H18O3. The zero-order chi connectivity index (χ0) is 14.2. The largest absolute Gasteiger partial charge is 0.496 e. The number of ether oxygens (including phenoxy) is 2. The van der Waals surface area contributed by atoms with Crippen LogP contribution in [0.5, 0.6) is 11.5 Å². The number of benzene rings is 2. The molecule has 104 valence electrons. The third kappa shape index (κ3) is 1.95. The van der Waals surface area contributed by atoms with Crippen LogP contribution in [0, 0.1) is 0 Å². The van der Waals surface area contributed by atoms with E-state index in [1.807, 2.05) is 30.3 Å². The summed E-state index contributed by atoms with van der Waals surface area (Å²) in [5.74, 6) is 1.33. The van der Waals surface area contributed by atoms with E-state index in [9.17, 15) is 5.11 Å². The van der Waals surface area contributed by atoms with Gasteiger partial charge in [0.1, 0.15) is 17.1 Å². The van der Waals surface area contributed by atoms with Crippen LogP contribution in [0.1, 0.15) is 16.7 Å². The third-order valence-corrected chi connectivity index (χ3v) is 3.98. The first-order valence-electron chi connectivity index (χ1n) is 6.68. The van der Waals surface area contributed by atoms with Gasteiger partial charge in [0.25, 0.3) is 0 Å². The van der Waals surface area contributed by atoms with Gasteiger partial charge in [-0.05, 0) is 23.3 Å². The maximum absolute atomic E-state index is 11.1. The number of aliphatic hydroxyl groups is 1. The first kappa shape index (κ1) is 13.0. The molecule has 2 aromatic rings. The van der Waals surface area contributed by atoms with Crippen LogP contribution in [-0.2, 0) is 18.4 Å². The van der Waals surface area contributed by atoms with E-state index >= 15 is 0 Å². The molecule has 3 rings (SSSR count). The van der Waals surface area contributed by atoms with Gasteiger partial charge in [-0.3, -0.25) is 0 Å². The van der Waals surface area contributed by atoms with Crippen LogP contribution in [0.3, 0.4) is 0 Å². The van der Waals surface area contributed by atoms with Crippen LogP contribution in [0.15, 0.2) is 42.5 Å². The molecule has 0 unspecified atom stereocenters. The van der Waals surface area contributed by atoms with E-state index < -0.39 is 5.60 Å². The summed E-state index contributed by atoms with van der Waals surface area (Å²) in [7, 11) is 3.23. The van der Waals surface area contributed by atoms with Crippen LogP contribution in [0.2, 0.25) is 0 Å². The average molecular weight is 270 g/mol. The lowest BCUT2D eigenvalue weighted by Crippen LogP contribution is -2.27. The Labute approximate surface area is 118 Å². The van der Waals surface area contributed by atoms with Crippen molar-refractivity contribution in [1.82, 2.24) is 0 Å². The lowest BCUT2D eigenvalue weighted by Gasteiger charge is -2.27. The van der Waals surface area contributed by atoms with E-state index in [-0.39, 0.29) is 0 Å². The van der Waals surface area contributed by atoms with Crippen LogP contribution >= 0.6 is 0 Å². The standard InChI is InChI=1S/C17H18O3/c1-19-14-8-5-9-15(20-2)16(14)17(18)10-12-6-3-4-7-13(12)11-17/h3-9,18H,10-11H2,1-2H3. The summed E-state index contributed by atoms with van der Waals surface area (Å²) in [6.45, 7) is 0. The summed E-state index contributed by atoms with van der Waals surface area (Å²) in [4.78, 5) is 0. The van der Waals surface area contributed by atoms with E-state index in [0.29, 0.717) is 24.3 Å². The van der Waals surface area contributed by atoms with E-state index in [0.717, 1.165) is 5.56 Å². The molecule has 1 N–H and O–H groups in total. The van der Waals surface area contributed by atoms with Gasteiger partial charge in [-0.15, -0.1) is 0 Å². The van der Waals surface area contributed by atoms with E-state index in [4.69, 9.17) is 9.47 Å². The quantitative estimate of drug-likeness (QED) is 0.932. The number of fused-ring (bicyclic) bond motifs is 1. The molecule has 1 aliphatic rings. The summed E-state index contributed by atoms with van der Waals surface area (Å²) in [6.07, 6.45) is 1.17. The van der Waals surface area contributed by atoms with E-state index in [1.54, 1.807) is 14.2 Å². The van der Waals surface area contributed by atoms with Crippen LogP contribution in [-0.4, -0.2) is 19.3 Å². The fourth-order valence-electron chi connectivity index (χ4n) is 3.08. The molecule has 2 aromatic carbocycles. The van der Waals surface area contributed by atoms with Gasteiger partial charge >= 0.3 is 0 Å². The Morgan fingerprint density at radius 1 is 0.850 bits per heavy atom. The van der Waals surface area contributed by atoms with E-state index in [1.165, 1.54) is 11.1 Å². The van der Waals surface area contributed by atoms with Gasteiger partial charge in [0.2, 0.25) is 0 Å². The van der Waals surface area contributed by atoms with Gasteiger partial charge in [0.15, 0.2) is 0 Å². The van der Waals surface area contributed by atoms with Gasteiger partial charge in [-0.2, -0.15) is 0 Å². The lowest BCUT2D eigenvalue weighted by molar-refractivity contribution is 0.0430. The van der Waals surface area contributed by atoms with Crippen molar-refractivity contribution in [2.75, 3.05) is 14.2 Å². The Kier molecular flexibility index (Phi) is 3.14. The van der Waals surface area contributed by atoms with Crippen molar-refractivity contribution in [2.24, 2.45) is 0 Å². The van der Waals surface area contributed by atoms with Crippen molar-refractivity contribution in [3.8, 4) is 11.5 Å². The van der Waals surface area contributed by atoms with Crippen molar-refractivity contribution in [3.63, 3.8) is 0 Å². The van der Waals surface area contributed by atoms with Crippen molar-refractivity contribution < 1.29 is 14.6 Å². The monoisotopic (exact) mass is 270 g/mol. The van der Waals surface area contributed by atoms with Crippen molar-refractivity contribution >= 4 is 0 Å². The molecule has 20 heavy (non-hydrogen) atoms. The Morgan fingerprint density at radius 3 is 1.80 bits per heavy atom. The molecule has 0 saturated heterocycles. The highest BCUT2D eigenvalue weighted by atomic mass is 16.5. The Hall–Kier alpha value is -2.00.